The zero-order valence-electron chi connectivity index (χ0n) is 12.9. The van der Waals surface area contributed by atoms with Crippen molar-refractivity contribution in [2.45, 2.75) is 50.6 Å². The predicted molar refractivity (Wildman–Crippen MR) is 78.5 cm³/mol. The van der Waals surface area contributed by atoms with Crippen molar-refractivity contribution in [2.24, 2.45) is 0 Å². The van der Waals surface area contributed by atoms with Gasteiger partial charge in [-0.1, -0.05) is 0 Å². The molecule has 0 aromatic carbocycles. The SMILES string of the molecule is COC(=O)CCCc1ccc(C(=O)CCCC(F)(F)C(F)(F)F)s1. The Morgan fingerprint density at radius 3 is 2.33 bits per heavy atom. The lowest BCUT2D eigenvalue weighted by molar-refractivity contribution is -0.284. The van der Waals surface area contributed by atoms with Crippen molar-refractivity contribution in [1.82, 2.24) is 0 Å². The number of alkyl halides is 5. The fourth-order valence-electron chi connectivity index (χ4n) is 1.91. The molecule has 0 bridgehead atoms. The number of halogens is 5. The van der Waals surface area contributed by atoms with Gasteiger partial charge in [0.25, 0.3) is 0 Å². The Bertz CT molecular complexity index is 566. The van der Waals surface area contributed by atoms with Gasteiger partial charge in [-0.2, -0.15) is 22.0 Å². The number of carbonyl (C=O) groups excluding carboxylic acids is 2. The zero-order chi connectivity index (χ0) is 18.4. The standard InChI is InChI=1S/C15H17F5O3S/c1-23-13(22)6-2-4-10-7-8-12(24-10)11(21)5-3-9-14(16,17)15(18,19)20/h7-8H,2-6,9H2,1H3. The molecule has 3 nitrogen and oxygen atoms in total. The molecule has 0 radical (unpaired) electrons. The average Bonchev–Trinajstić information content (AvgIpc) is 2.94. The number of rotatable bonds is 9. The Kier molecular flexibility index (Phi) is 7.31. The van der Waals surface area contributed by atoms with Crippen LogP contribution in [-0.2, 0) is 16.0 Å². The van der Waals surface area contributed by atoms with Crippen LogP contribution in [0.3, 0.4) is 0 Å². The molecule has 1 aromatic heterocycles. The number of Topliss-reactive ketones (excluding diaryl/α,β-unsaturated/α-hetero) is 1. The van der Waals surface area contributed by atoms with E-state index in [1.165, 1.54) is 13.2 Å². The van der Waals surface area contributed by atoms with Gasteiger partial charge < -0.3 is 4.74 Å². The molecule has 0 aliphatic rings. The van der Waals surface area contributed by atoms with E-state index in [2.05, 4.69) is 4.74 Å². The second-order valence-corrected chi connectivity index (χ2v) is 6.34. The summed E-state index contributed by atoms with van der Waals surface area (Å²) >= 11 is 1.15. The van der Waals surface area contributed by atoms with Crippen molar-refractivity contribution in [3.05, 3.63) is 21.9 Å². The quantitative estimate of drug-likeness (QED) is 0.355. The van der Waals surface area contributed by atoms with Gasteiger partial charge in [0.2, 0.25) is 0 Å². The minimum absolute atomic E-state index is 0.240. The number of esters is 1. The van der Waals surface area contributed by atoms with E-state index in [1.54, 1.807) is 6.07 Å². The highest BCUT2D eigenvalue weighted by Gasteiger charge is 2.56. The first-order valence-corrected chi connectivity index (χ1v) is 8.02. The number of methoxy groups -OCH3 is 1. The Hall–Kier alpha value is -1.51. The topological polar surface area (TPSA) is 43.4 Å². The van der Waals surface area contributed by atoms with E-state index in [0.717, 1.165) is 16.2 Å². The fraction of sp³-hybridized carbons (Fsp3) is 0.600. The molecule has 0 unspecified atom stereocenters. The zero-order valence-corrected chi connectivity index (χ0v) is 13.7. The number of aryl methyl sites for hydroxylation is 1. The Labute approximate surface area is 139 Å². The number of hydrogen-bond donors (Lipinski definition) is 0. The maximum Gasteiger partial charge on any atom is 0.453 e. The van der Waals surface area contributed by atoms with Gasteiger partial charge in [-0.3, -0.25) is 9.59 Å². The summed E-state index contributed by atoms with van der Waals surface area (Å²) in [6.45, 7) is 0. The van der Waals surface area contributed by atoms with Gasteiger partial charge in [0.05, 0.1) is 12.0 Å². The molecule has 9 heteroatoms. The highest BCUT2D eigenvalue weighted by molar-refractivity contribution is 7.14. The molecule has 0 atom stereocenters. The first kappa shape index (κ1) is 20.5. The summed E-state index contributed by atoms with van der Waals surface area (Å²) in [5.74, 6) is -5.58. The molecule has 0 N–H and O–H groups in total. The molecule has 0 saturated carbocycles. The molecule has 0 amide bonds. The van der Waals surface area contributed by atoms with Crippen molar-refractivity contribution < 1.29 is 36.3 Å². The number of hydrogen-bond acceptors (Lipinski definition) is 4. The number of carbonyl (C=O) groups is 2. The summed E-state index contributed by atoms with van der Waals surface area (Å²) in [4.78, 5) is 24.0. The average molecular weight is 372 g/mol. The van der Waals surface area contributed by atoms with Crippen LogP contribution < -0.4 is 0 Å². The van der Waals surface area contributed by atoms with Crippen LogP contribution in [0.4, 0.5) is 22.0 Å². The third kappa shape index (κ3) is 6.18. The highest BCUT2D eigenvalue weighted by Crippen LogP contribution is 2.39. The summed E-state index contributed by atoms with van der Waals surface area (Å²) in [7, 11) is 1.28. The number of ketones is 1. The van der Waals surface area contributed by atoms with E-state index in [-0.39, 0.29) is 18.8 Å². The molecule has 0 fully saturated rings. The maximum absolute atomic E-state index is 12.7. The third-order valence-corrected chi connectivity index (χ3v) is 4.46. The van der Waals surface area contributed by atoms with E-state index in [1.807, 2.05) is 0 Å². The summed E-state index contributed by atoms with van der Waals surface area (Å²) < 4.78 is 66.1. The molecule has 1 rings (SSSR count). The maximum atomic E-state index is 12.7. The molecular weight excluding hydrogens is 355 g/mol. The lowest BCUT2D eigenvalue weighted by atomic mass is 10.1. The molecular formula is C15H17F5O3S. The summed E-state index contributed by atoms with van der Waals surface area (Å²) in [5.41, 5.74) is 0. The van der Waals surface area contributed by atoms with Crippen LogP contribution in [0.2, 0.25) is 0 Å². The molecule has 0 spiro atoms. The minimum Gasteiger partial charge on any atom is -0.469 e. The lowest BCUT2D eigenvalue weighted by Crippen LogP contribution is -2.36. The normalized spacial score (nSPS) is 12.2. The molecule has 1 aromatic rings. The lowest BCUT2D eigenvalue weighted by Gasteiger charge is -2.18. The van der Waals surface area contributed by atoms with Gasteiger partial charge in [0.1, 0.15) is 0 Å². The van der Waals surface area contributed by atoms with Crippen LogP contribution in [0.25, 0.3) is 0 Å². The first-order chi connectivity index (χ1) is 11.1. The number of thiophene rings is 1. The van der Waals surface area contributed by atoms with Gasteiger partial charge in [-0.05, 0) is 31.4 Å². The third-order valence-electron chi connectivity index (χ3n) is 3.28. The van der Waals surface area contributed by atoms with Crippen molar-refractivity contribution in [1.29, 1.82) is 0 Å². The molecule has 24 heavy (non-hydrogen) atoms. The van der Waals surface area contributed by atoms with Gasteiger partial charge >= 0.3 is 18.1 Å². The van der Waals surface area contributed by atoms with Gasteiger partial charge in [-0.25, -0.2) is 0 Å². The van der Waals surface area contributed by atoms with Crippen LogP contribution in [0, 0.1) is 0 Å². The monoisotopic (exact) mass is 372 g/mol. The van der Waals surface area contributed by atoms with Crippen LogP contribution in [0.15, 0.2) is 12.1 Å². The van der Waals surface area contributed by atoms with Crippen LogP contribution in [0.1, 0.15) is 46.7 Å². The molecule has 0 saturated heterocycles. The van der Waals surface area contributed by atoms with Gasteiger partial charge in [-0.15, -0.1) is 11.3 Å². The van der Waals surface area contributed by atoms with Crippen molar-refractivity contribution in [3.8, 4) is 0 Å². The predicted octanol–water partition coefficient (Wildman–Crippen LogP) is 4.79. The summed E-state index contributed by atoms with van der Waals surface area (Å²) in [6, 6.07) is 3.20. The van der Waals surface area contributed by atoms with Crippen LogP contribution >= 0.6 is 11.3 Å². The van der Waals surface area contributed by atoms with Crippen molar-refractivity contribution in [2.75, 3.05) is 7.11 Å². The van der Waals surface area contributed by atoms with Crippen molar-refractivity contribution in [3.63, 3.8) is 0 Å². The Morgan fingerprint density at radius 2 is 1.75 bits per heavy atom. The second kappa shape index (κ2) is 8.55. The molecule has 1 heterocycles. The fourth-order valence-corrected chi connectivity index (χ4v) is 2.92. The molecule has 136 valence electrons. The molecule has 0 aliphatic carbocycles. The van der Waals surface area contributed by atoms with E-state index in [9.17, 15) is 31.5 Å². The Balaban J connectivity index is 2.42. The van der Waals surface area contributed by atoms with E-state index >= 15 is 0 Å². The smallest absolute Gasteiger partial charge is 0.453 e. The van der Waals surface area contributed by atoms with Gasteiger partial charge in [0.15, 0.2) is 5.78 Å². The first-order valence-electron chi connectivity index (χ1n) is 7.20. The Morgan fingerprint density at radius 1 is 1.08 bits per heavy atom. The number of ether oxygens (including phenoxy) is 1. The van der Waals surface area contributed by atoms with Crippen LogP contribution in [0.5, 0.6) is 0 Å². The van der Waals surface area contributed by atoms with E-state index in [4.69, 9.17) is 0 Å². The van der Waals surface area contributed by atoms with Crippen LogP contribution in [-0.4, -0.2) is 31.0 Å². The largest absolute Gasteiger partial charge is 0.469 e. The molecule has 0 aliphatic heterocycles. The van der Waals surface area contributed by atoms with E-state index < -0.39 is 30.7 Å². The second-order valence-electron chi connectivity index (χ2n) is 5.17. The summed E-state index contributed by atoms with van der Waals surface area (Å²) in [5, 5.41) is 0. The van der Waals surface area contributed by atoms with Crippen molar-refractivity contribution >= 4 is 23.1 Å². The van der Waals surface area contributed by atoms with E-state index in [0.29, 0.717) is 17.7 Å². The summed E-state index contributed by atoms with van der Waals surface area (Å²) in [6.07, 6.45) is -6.57. The highest BCUT2D eigenvalue weighted by atomic mass is 32.1. The minimum atomic E-state index is -5.59. The van der Waals surface area contributed by atoms with Gasteiger partial charge in [0, 0.05) is 24.1 Å².